The molecule has 2 amide bonds. The van der Waals surface area contributed by atoms with Gasteiger partial charge in [-0.1, -0.05) is 12.8 Å². The first-order chi connectivity index (χ1) is 11.7. The van der Waals surface area contributed by atoms with E-state index in [0.717, 1.165) is 57.8 Å². The first-order valence-corrected chi connectivity index (χ1v) is 8.83. The van der Waals surface area contributed by atoms with Crippen molar-refractivity contribution in [2.45, 2.75) is 25.7 Å². The highest BCUT2D eigenvalue weighted by molar-refractivity contribution is 6.05. The molecule has 1 saturated carbocycles. The second-order valence-electron chi connectivity index (χ2n) is 6.90. The number of nitrogens with zero attached hydrogens (tertiary/aromatic N) is 5. The molecule has 1 aromatic heterocycles. The van der Waals surface area contributed by atoms with Crippen LogP contribution in [-0.2, 0) is 9.59 Å². The molecule has 24 heavy (non-hydrogen) atoms. The minimum absolute atomic E-state index is 0.0507. The topological polar surface area (TPSA) is 69.6 Å². The molecule has 1 aromatic rings. The smallest absolute Gasteiger partial charge is 0.234 e. The van der Waals surface area contributed by atoms with Crippen molar-refractivity contribution in [1.82, 2.24) is 19.8 Å². The van der Waals surface area contributed by atoms with E-state index < -0.39 is 0 Å². The molecule has 1 aliphatic carbocycles. The molecule has 2 atom stereocenters. The Labute approximate surface area is 141 Å². The van der Waals surface area contributed by atoms with Crippen LogP contribution in [0.2, 0.25) is 0 Å². The summed E-state index contributed by atoms with van der Waals surface area (Å²) in [7, 11) is 0. The predicted molar refractivity (Wildman–Crippen MR) is 88.0 cm³/mol. The molecule has 3 aliphatic rings. The second-order valence-corrected chi connectivity index (χ2v) is 6.90. The summed E-state index contributed by atoms with van der Waals surface area (Å²) >= 11 is 0. The number of anilines is 1. The Morgan fingerprint density at radius 1 is 0.917 bits per heavy atom. The highest BCUT2D eigenvalue weighted by Crippen LogP contribution is 2.38. The highest BCUT2D eigenvalue weighted by Gasteiger charge is 2.48. The second kappa shape index (κ2) is 6.47. The number of hydrogen-bond acceptors (Lipinski definition) is 6. The average Bonchev–Trinajstić information content (AvgIpc) is 2.88. The lowest BCUT2D eigenvalue weighted by Crippen LogP contribution is -2.51. The number of likely N-dealkylation sites (tertiary alicyclic amines) is 1. The number of hydrogen-bond donors (Lipinski definition) is 0. The molecule has 2 saturated heterocycles. The maximum absolute atomic E-state index is 12.6. The molecule has 7 nitrogen and oxygen atoms in total. The van der Waals surface area contributed by atoms with Crippen molar-refractivity contribution < 1.29 is 9.59 Å². The maximum atomic E-state index is 12.6. The number of rotatable bonds is 3. The summed E-state index contributed by atoms with van der Waals surface area (Å²) in [4.78, 5) is 39.5. The Kier molecular flexibility index (Phi) is 4.18. The van der Waals surface area contributed by atoms with Crippen molar-refractivity contribution >= 4 is 17.8 Å². The van der Waals surface area contributed by atoms with Gasteiger partial charge in [-0.15, -0.1) is 0 Å². The molecule has 4 rings (SSSR count). The van der Waals surface area contributed by atoms with Gasteiger partial charge in [0.25, 0.3) is 0 Å². The van der Waals surface area contributed by atoms with Crippen LogP contribution in [0.15, 0.2) is 18.5 Å². The number of amides is 2. The lowest BCUT2D eigenvalue weighted by molar-refractivity contribution is -0.142. The van der Waals surface area contributed by atoms with Gasteiger partial charge in [-0.05, 0) is 18.9 Å². The van der Waals surface area contributed by atoms with Gasteiger partial charge in [-0.2, -0.15) is 0 Å². The Bertz CT molecular complexity index is 591. The van der Waals surface area contributed by atoms with Crippen molar-refractivity contribution in [3.63, 3.8) is 0 Å². The van der Waals surface area contributed by atoms with Gasteiger partial charge >= 0.3 is 0 Å². The average molecular weight is 329 g/mol. The summed E-state index contributed by atoms with van der Waals surface area (Å²) in [5.74, 6) is 0.754. The third-order valence-corrected chi connectivity index (χ3v) is 5.48. The maximum Gasteiger partial charge on any atom is 0.234 e. The zero-order valence-electron chi connectivity index (χ0n) is 13.8. The molecule has 0 radical (unpaired) electrons. The molecule has 2 aliphatic heterocycles. The first-order valence-electron chi connectivity index (χ1n) is 8.83. The van der Waals surface area contributed by atoms with Crippen molar-refractivity contribution in [2.75, 3.05) is 37.7 Å². The highest BCUT2D eigenvalue weighted by atomic mass is 16.2. The zero-order chi connectivity index (χ0) is 16.5. The van der Waals surface area contributed by atoms with Crippen LogP contribution in [0.1, 0.15) is 25.7 Å². The predicted octanol–water partition coefficient (Wildman–Crippen LogP) is 0.731. The number of aromatic nitrogens is 2. The summed E-state index contributed by atoms with van der Waals surface area (Å²) in [5, 5.41) is 0. The lowest BCUT2D eigenvalue weighted by Gasteiger charge is -2.36. The van der Waals surface area contributed by atoms with Crippen molar-refractivity contribution in [2.24, 2.45) is 11.8 Å². The van der Waals surface area contributed by atoms with Gasteiger partial charge in [0.05, 0.1) is 18.5 Å². The third kappa shape index (κ3) is 2.77. The van der Waals surface area contributed by atoms with Crippen LogP contribution in [0, 0.1) is 11.8 Å². The summed E-state index contributed by atoms with van der Waals surface area (Å²) in [6, 6.07) is 1.81. The zero-order valence-corrected chi connectivity index (χ0v) is 13.8. The Morgan fingerprint density at radius 2 is 1.50 bits per heavy atom. The van der Waals surface area contributed by atoms with E-state index in [9.17, 15) is 9.59 Å². The quantitative estimate of drug-likeness (QED) is 0.762. The van der Waals surface area contributed by atoms with Crippen LogP contribution in [0.3, 0.4) is 0 Å². The van der Waals surface area contributed by atoms with Crippen LogP contribution in [-0.4, -0.2) is 64.4 Å². The van der Waals surface area contributed by atoms with Crippen molar-refractivity contribution in [3.8, 4) is 0 Å². The minimum atomic E-state index is -0.0507. The molecular weight excluding hydrogens is 306 g/mol. The van der Waals surface area contributed by atoms with E-state index in [2.05, 4.69) is 19.8 Å². The normalized spacial score (nSPS) is 28.3. The van der Waals surface area contributed by atoms with E-state index >= 15 is 0 Å². The fourth-order valence-electron chi connectivity index (χ4n) is 4.11. The fraction of sp³-hybridized carbons (Fsp3) is 0.647. The molecule has 128 valence electrons. The third-order valence-electron chi connectivity index (χ3n) is 5.48. The summed E-state index contributed by atoms with van der Waals surface area (Å²) in [5.41, 5.74) is 0. The van der Waals surface area contributed by atoms with E-state index in [4.69, 9.17) is 0 Å². The Balaban J connectivity index is 1.35. The largest absolute Gasteiger partial charge is 0.338 e. The number of carbonyl (C=O) groups excluding carboxylic acids is 2. The van der Waals surface area contributed by atoms with E-state index in [1.165, 1.54) is 4.90 Å². The fourth-order valence-corrected chi connectivity index (χ4v) is 4.11. The van der Waals surface area contributed by atoms with E-state index in [-0.39, 0.29) is 23.7 Å². The monoisotopic (exact) mass is 329 g/mol. The van der Waals surface area contributed by atoms with Gasteiger partial charge in [0, 0.05) is 38.6 Å². The summed E-state index contributed by atoms with van der Waals surface area (Å²) in [6.45, 7) is 3.68. The van der Waals surface area contributed by atoms with Gasteiger partial charge in [0.1, 0.15) is 0 Å². The molecule has 0 aromatic carbocycles. The molecule has 0 N–H and O–H groups in total. The van der Waals surface area contributed by atoms with Gasteiger partial charge < -0.3 is 4.90 Å². The van der Waals surface area contributed by atoms with Crippen LogP contribution < -0.4 is 4.90 Å². The van der Waals surface area contributed by atoms with Crippen LogP contribution in [0.5, 0.6) is 0 Å². The molecular formula is C17H23N5O2. The standard InChI is InChI=1S/C17H23N5O2/c23-15-13-4-1-2-5-14(13)16(24)22(15)12-20-8-10-21(11-9-20)17-18-6-3-7-19-17/h3,6-7,13-14H,1-2,4-5,8-12H2/t13-,14-/m1/s1. The van der Waals surface area contributed by atoms with Gasteiger partial charge in [0.2, 0.25) is 17.8 Å². The molecule has 3 heterocycles. The molecule has 3 fully saturated rings. The SMILES string of the molecule is O=C1[C@@H]2CCCC[C@H]2C(=O)N1CN1CCN(c2ncccn2)CC1. The number of imide groups is 1. The van der Waals surface area contributed by atoms with Crippen LogP contribution in [0.25, 0.3) is 0 Å². The molecule has 0 bridgehead atoms. The van der Waals surface area contributed by atoms with Crippen molar-refractivity contribution in [3.05, 3.63) is 18.5 Å². The Hall–Kier alpha value is -2.02. The lowest BCUT2D eigenvalue weighted by atomic mass is 9.81. The van der Waals surface area contributed by atoms with E-state index in [1.807, 2.05) is 6.07 Å². The van der Waals surface area contributed by atoms with Crippen LogP contribution in [0.4, 0.5) is 5.95 Å². The van der Waals surface area contributed by atoms with Crippen molar-refractivity contribution in [1.29, 1.82) is 0 Å². The summed E-state index contributed by atoms with van der Waals surface area (Å²) in [6.07, 6.45) is 7.40. The minimum Gasteiger partial charge on any atom is -0.338 e. The summed E-state index contributed by atoms with van der Waals surface area (Å²) < 4.78 is 0. The van der Waals surface area contributed by atoms with Gasteiger partial charge in [-0.25, -0.2) is 9.97 Å². The number of piperazine rings is 1. The van der Waals surface area contributed by atoms with Crippen LogP contribution >= 0.6 is 0 Å². The molecule has 0 unspecified atom stereocenters. The van der Waals surface area contributed by atoms with E-state index in [1.54, 1.807) is 12.4 Å². The number of carbonyl (C=O) groups is 2. The molecule has 0 spiro atoms. The molecule has 7 heteroatoms. The Morgan fingerprint density at radius 3 is 2.08 bits per heavy atom. The van der Waals surface area contributed by atoms with E-state index in [0.29, 0.717) is 6.67 Å². The first kappa shape index (κ1) is 15.5. The van der Waals surface area contributed by atoms with Gasteiger partial charge in [-0.3, -0.25) is 19.4 Å². The number of fused-ring (bicyclic) bond motifs is 1. The van der Waals surface area contributed by atoms with Gasteiger partial charge in [0.15, 0.2) is 0 Å².